The maximum absolute atomic E-state index is 11.9. The van der Waals surface area contributed by atoms with E-state index < -0.39 is 0 Å². The molecule has 0 bridgehead atoms. The molecule has 4 heteroatoms. The summed E-state index contributed by atoms with van der Waals surface area (Å²) in [5.41, 5.74) is 6.01. The molecule has 0 aromatic rings. The molecule has 2 atom stereocenters. The summed E-state index contributed by atoms with van der Waals surface area (Å²) in [5.74, 6) is -0.0421. The number of ether oxygens (including phenoxy) is 1. The number of hydrogen-bond acceptors (Lipinski definition) is 3. The molecule has 1 amide bonds. The van der Waals surface area contributed by atoms with Crippen LogP contribution in [-0.2, 0) is 9.53 Å². The second-order valence-corrected chi connectivity index (χ2v) is 5.82. The molecule has 2 unspecified atom stereocenters. The molecule has 0 radical (unpaired) electrons. The normalized spacial score (nSPS) is 21.6. The van der Waals surface area contributed by atoms with E-state index in [0.717, 1.165) is 19.6 Å². The van der Waals surface area contributed by atoms with Crippen molar-refractivity contribution >= 4 is 5.91 Å². The zero-order valence-electron chi connectivity index (χ0n) is 12.0. The van der Waals surface area contributed by atoms with E-state index in [2.05, 4.69) is 5.32 Å². The van der Waals surface area contributed by atoms with E-state index in [-0.39, 0.29) is 23.3 Å². The van der Waals surface area contributed by atoms with Crippen LogP contribution >= 0.6 is 0 Å². The summed E-state index contributed by atoms with van der Waals surface area (Å²) in [6, 6.07) is -0.0940. The average Bonchev–Trinajstić information content (AvgIpc) is 2.82. The van der Waals surface area contributed by atoms with E-state index in [0.29, 0.717) is 0 Å². The van der Waals surface area contributed by atoms with E-state index in [1.807, 2.05) is 13.8 Å². The fraction of sp³-hybridized carbons (Fsp3) is 0.929. The van der Waals surface area contributed by atoms with E-state index in [4.69, 9.17) is 10.5 Å². The molecular formula is C14H28N2O2. The first-order valence-electron chi connectivity index (χ1n) is 7.03. The second kappa shape index (κ2) is 7.10. The predicted molar refractivity (Wildman–Crippen MR) is 73.2 cm³/mol. The van der Waals surface area contributed by atoms with E-state index >= 15 is 0 Å². The van der Waals surface area contributed by atoms with Crippen LogP contribution < -0.4 is 11.1 Å². The van der Waals surface area contributed by atoms with Crippen molar-refractivity contribution < 1.29 is 9.53 Å². The van der Waals surface area contributed by atoms with Gasteiger partial charge in [-0.1, -0.05) is 19.8 Å². The molecule has 1 fully saturated rings. The van der Waals surface area contributed by atoms with Gasteiger partial charge in [0.2, 0.25) is 5.91 Å². The summed E-state index contributed by atoms with van der Waals surface area (Å²) in [7, 11) is 1.74. The highest BCUT2D eigenvalue weighted by Crippen LogP contribution is 2.40. The summed E-state index contributed by atoms with van der Waals surface area (Å²) < 4.78 is 5.19. The number of rotatable bonds is 7. The number of carbonyl (C=O) groups is 1. The Kier molecular flexibility index (Phi) is 6.09. The minimum absolute atomic E-state index is 0.0775. The van der Waals surface area contributed by atoms with Gasteiger partial charge in [0.1, 0.15) is 0 Å². The number of nitrogens with two attached hydrogens (primary N) is 1. The fourth-order valence-corrected chi connectivity index (χ4v) is 2.63. The van der Waals surface area contributed by atoms with E-state index in [9.17, 15) is 4.79 Å². The number of methoxy groups -OCH3 is 1. The van der Waals surface area contributed by atoms with Crippen molar-refractivity contribution in [1.82, 2.24) is 5.32 Å². The minimum atomic E-state index is -0.120. The van der Waals surface area contributed by atoms with E-state index in [1.54, 1.807) is 7.11 Å². The molecule has 4 nitrogen and oxygen atoms in total. The lowest BCUT2D eigenvalue weighted by Gasteiger charge is -2.30. The predicted octanol–water partition coefficient (Wildman–Crippen LogP) is 1.68. The largest absolute Gasteiger partial charge is 0.385 e. The highest BCUT2D eigenvalue weighted by molar-refractivity contribution is 5.78. The number of hydrogen-bond donors (Lipinski definition) is 2. The Morgan fingerprint density at radius 2 is 2.00 bits per heavy atom. The second-order valence-electron chi connectivity index (χ2n) is 5.82. The van der Waals surface area contributed by atoms with Gasteiger partial charge in [-0.3, -0.25) is 4.79 Å². The summed E-state index contributed by atoms with van der Waals surface area (Å²) in [6.07, 6.45) is 5.97. The molecule has 0 aromatic carbocycles. The monoisotopic (exact) mass is 256 g/mol. The smallest absolute Gasteiger partial charge is 0.224 e. The van der Waals surface area contributed by atoms with Crippen LogP contribution in [0.15, 0.2) is 0 Å². The summed E-state index contributed by atoms with van der Waals surface area (Å²) in [5, 5.41) is 3.08. The molecule has 0 heterocycles. The van der Waals surface area contributed by atoms with Crippen molar-refractivity contribution in [3.63, 3.8) is 0 Å². The average molecular weight is 256 g/mol. The molecule has 1 aliphatic rings. The van der Waals surface area contributed by atoms with Crippen LogP contribution in [0.4, 0.5) is 0 Å². The van der Waals surface area contributed by atoms with Crippen LogP contribution in [0.1, 0.15) is 46.0 Å². The quantitative estimate of drug-likeness (QED) is 0.728. The first-order valence-corrected chi connectivity index (χ1v) is 7.03. The summed E-state index contributed by atoms with van der Waals surface area (Å²) in [6.45, 7) is 5.31. The summed E-state index contributed by atoms with van der Waals surface area (Å²) >= 11 is 0. The molecule has 106 valence electrons. The van der Waals surface area contributed by atoms with Crippen LogP contribution in [0, 0.1) is 11.3 Å². The number of carbonyl (C=O) groups excluding carboxylic acids is 1. The van der Waals surface area contributed by atoms with Gasteiger partial charge >= 0.3 is 0 Å². The lowest BCUT2D eigenvalue weighted by molar-refractivity contribution is -0.125. The van der Waals surface area contributed by atoms with Gasteiger partial charge in [0.05, 0.1) is 0 Å². The Hall–Kier alpha value is -0.610. The lowest BCUT2D eigenvalue weighted by Crippen LogP contribution is -2.43. The van der Waals surface area contributed by atoms with Crippen molar-refractivity contribution in [3.05, 3.63) is 0 Å². The molecule has 1 saturated carbocycles. The molecule has 0 aliphatic heterocycles. The molecule has 0 spiro atoms. The lowest BCUT2D eigenvalue weighted by atomic mass is 9.82. The molecule has 1 aliphatic carbocycles. The van der Waals surface area contributed by atoms with Crippen molar-refractivity contribution in [2.24, 2.45) is 17.1 Å². The number of amides is 1. The van der Waals surface area contributed by atoms with Crippen LogP contribution in [0.2, 0.25) is 0 Å². The van der Waals surface area contributed by atoms with Crippen molar-refractivity contribution in [2.45, 2.75) is 52.0 Å². The highest BCUT2D eigenvalue weighted by Gasteiger charge is 2.34. The van der Waals surface area contributed by atoms with Crippen LogP contribution in [0.5, 0.6) is 0 Å². The Morgan fingerprint density at radius 3 is 2.50 bits per heavy atom. The molecular weight excluding hydrogens is 228 g/mol. The first-order chi connectivity index (χ1) is 8.51. The Bertz CT molecular complexity index is 261. The van der Waals surface area contributed by atoms with E-state index in [1.165, 1.54) is 25.7 Å². The third-order valence-corrected chi connectivity index (χ3v) is 4.34. The molecule has 3 N–H and O–H groups in total. The maximum Gasteiger partial charge on any atom is 0.224 e. The SMILES string of the molecule is COCCC1(CNC(=O)C(C)C(C)N)CCCC1. The van der Waals surface area contributed by atoms with Gasteiger partial charge < -0.3 is 15.8 Å². The maximum atomic E-state index is 11.9. The van der Waals surface area contributed by atoms with Crippen molar-refractivity contribution in [1.29, 1.82) is 0 Å². The topological polar surface area (TPSA) is 64.3 Å². The summed E-state index contributed by atoms with van der Waals surface area (Å²) in [4.78, 5) is 11.9. The Balaban J connectivity index is 2.45. The van der Waals surface area contributed by atoms with Gasteiger partial charge in [-0.15, -0.1) is 0 Å². The zero-order valence-corrected chi connectivity index (χ0v) is 12.0. The van der Waals surface area contributed by atoms with Gasteiger partial charge in [-0.25, -0.2) is 0 Å². The molecule has 18 heavy (non-hydrogen) atoms. The minimum Gasteiger partial charge on any atom is -0.385 e. The van der Waals surface area contributed by atoms with Gasteiger partial charge in [-0.05, 0) is 31.6 Å². The van der Waals surface area contributed by atoms with Gasteiger partial charge in [0.15, 0.2) is 0 Å². The Morgan fingerprint density at radius 1 is 1.39 bits per heavy atom. The van der Waals surface area contributed by atoms with Crippen molar-refractivity contribution in [2.75, 3.05) is 20.3 Å². The van der Waals surface area contributed by atoms with Crippen molar-refractivity contribution in [3.8, 4) is 0 Å². The third-order valence-electron chi connectivity index (χ3n) is 4.34. The standard InChI is InChI=1S/C14H28N2O2/c1-11(12(2)15)13(17)16-10-14(8-9-18-3)6-4-5-7-14/h11-12H,4-10,15H2,1-3H3,(H,16,17). The highest BCUT2D eigenvalue weighted by atomic mass is 16.5. The zero-order chi connectivity index (χ0) is 13.6. The first kappa shape index (κ1) is 15.4. The van der Waals surface area contributed by atoms with Crippen LogP contribution in [0.3, 0.4) is 0 Å². The molecule has 0 aromatic heterocycles. The Labute approximate surface area is 111 Å². The van der Waals surface area contributed by atoms with Gasteiger partial charge in [-0.2, -0.15) is 0 Å². The third kappa shape index (κ3) is 4.25. The van der Waals surface area contributed by atoms with Crippen LogP contribution in [-0.4, -0.2) is 32.2 Å². The fourth-order valence-electron chi connectivity index (χ4n) is 2.63. The number of nitrogens with one attached hydrogen (secondary N) is 1. The van der Waals surface area contributed by atoms with Gasteiger partial charge in [0, 0.05) is 32.2 Å². The molecule has 1 rings (SSSR count). The van der Waals surface area contributed by atoms with Crippen LogP contribution in [0.25, 0.3) is 0 Å². The van der Waals surface area contributed by atoms with Gasteiger partial charge in [0.25, 0.3) is 0 Å². The molecule has 0 saturated heterocycles.